The van der Waals surface area contributed by atoms with Crippen molar-refractivity contribution in [2.45, 2.75) is 26.3 Å². The number of benzene rings is 2. The third-order valence-electron chi connectivity index (χ3n) is 5.54. The number of ether oxygens (including phenoxy) is 1. The zero-order chi connectivity index (χ0) is 21.8. The predicted molar refractivity (Wildman–Crippen MR) is 119 cm³/mol. The molecular weight excluding hydrogens is 392 g/mol. The lowest BCUT2D eigenvalue weighted by Gasteiger charge is -2.25. The third-order valence-corrected chi connectivity index (χ3v) is 5.54. The molecule has 0 unspecified atom stereocenters. The number of nitrogens with zero attached hydrogens (tertiary/aromatic N) is 1. The van der Waals surface area contributed by atoms with Gasteiger partial charge >= 0.3 is 0 Å². The van der Waals surface area contributed by atoms with Crippen LogP contribution in [0.25, 0.3) is 11.3 Å². The first-order valence-electron chi connectivity index (χ1n) is 10.5. The SMILES string of the molecule is CCc1ccc(C(=O)Nc2ccc(-c3cc4c(o3)CCN(C(=O)COC)C4)cc2)cc1. The molecule has 1 N–H and O–H groups in total. The summed E-state index contributed by atoms with van der Waals surface area (Å²) in [4.78, 5) is 26.3. The largest absolute Gasteiger partial charge is 0.461 e. The highest BCUT2D eigenvalue weighted by Gasteiger charge is 2.24. The van der Waals surface area contributed by atoms with Crippen molar-refractivity contribution in [1.82, 2.24) is 4.90 Å². The molecule has 0 radical (unpaired) electrons. The Morgan fingerprint density at radius 1 is 1.10 bits per heavy atom. The standard InChI is InChI=1S/C25H26N2O4/c1-3-17-4-6-19(7-5-17)25(29)26-21-10-8-18(9-11-21)23-14-20-15-27(24(28)16-30-2)13-12-22(20)31-23/h4-11,14H,3,12-13,15-16H2,1-2H3,(H,26,29). The minimum atomic E-state index is -0.135. The predicted octanol–water partition coefficient (Wildman–Crippen LogP) is 4.29. The van der Waals surface area contributed by atoms with Gasteiger partial charge in [0.15, 0.2) is 0 Å². The lowest BCUT2D eigenvalue weighted by Crippen LogP contribution is -2.37. The van der Waals surface area contributed by atoms with Crippen LogP contribution in [0.1, 0.15) is 34.2 Å². The average molecular weight is 418 g/mol. The van der Waals surface area contributed by atoms with Crippen molar-refractivity contribution in [2.75, 3.05) is 25.6 Å². The van der Waals surface area contributed by atoms with Crippen molar-refractivity contribution in [2.24, 2.45) is 0 Å². The lowest BCUT2D eigenvalue weighted by atomic mass is 10.1. The number of amides is 2. The number of rotatable bonds is 6. The van der Waals surface area contributed by atoms with Gasteiger partial charge < -0.3 is 19.4 Å². The van der Waals surface area contributed by atoms with Gasteiger partial charge in [-0.15, -0.1) is 0 Å². The maximum Gasteiger partial charge on any atom is 0.255 e. The van der Waals surface area contributed by atoms with E-state index in [0.29, 0.717) is 25.1 Å². The van der Waals surface area contributed by atoms with Crippen molar-refractivity contribution in [3.8, 4) is 11.3 Å². The van der Waals surface area contributed by atoms with E-state index in [4.69, 9.17) is 9.15 Å². The number of hydrogen-bond acceptors (Lipinski definition) is 4. The summed E-state index contributed by atoms with van der Waals surface area (Å²) in [6, 6.07) is 17.2. The van der Waals surface area contributed by atoms with Crippen LogP contribution in [0.3, 0.4) is 0 Å². The van der Waals surface area contributed by atoms with E-state index in [0.717, 1.165) is 34.8 Å². The fourth-order valence-corrected chi connectivity index (χ4v) is 3.72. The molecule has 1 aromatic heterocycles. The quantitative estimate of drug-likeness (QED) is 0.648. The Labute approximate surface area is 181 Å². The highest BCUT2D eigenvalue weighted by atomic mass is 16.5. The summed E-state index contributed by atoms with van der Waals surface area (Å²) in [5.41, 5.74) is 4.51. The number of hydrogen-bond donors (Lipinski definition) is 1. The molecule has 0 fully saturated rings. The second-order valence-electron chi connectivity index (χ2n) is 7.64. The molecule has 4 rings (SSSR count). The smallest absolute Gasteiger partial charge is 0.255 e. The Kier molecular flexibility index (Phi) is 6.18. The highest BCUT2D eigenvalue weighted by molar-refractivity contribution is 6.04. The second kappa shape index (κ2) is 9.18. The minimum absolute atomic E-state index is 0.0136. The van der Waals surface area contributed by atoms with E-state index in [1.165, 1.54) is 12.7 Å². The monoisotopic (exact) mass is 418 g/mol. The molecule has 0 aliphatic carbocycles. The highest BCUT2D eigenvalue weighted by Crippen LogP contribution is 2.30. The van der Waals surface area contributed by atoms with Gasteiger partial charge in [-0.1, -0.05) is 19.1 Å². The number of aryl methyl sites for hydroxylation is 1. The van der Waals surface area contributed by atoms with Crippen LogP contribution in [0.5, 0.6) is 0 Å². The summed E-state index contributed by atoms with van der Waals surface area (Å²) in [7, 11) is 1.53. The Morgan fingerprint density at radius 2 is 1.84 bits per heavy atom. The first-order valence-corrected chi connectivity index (χ1v) is 10.5. The topological polar surface area (TPSA) is 71.8 Å². The van der Waals surface area contributed by atoms with Gasteiger partial charge in [0.2, 0.25) is 5.91 Å². The molecule has 6 heteroatoms. The summed E-state index contributed by atoms with van der Waals surface area (Å²) in [5, 5.41) is 2.93. The molecule has 0 saturated carbocycles. The van der Waals surface area contributed by atoms with Crippen LogP contribution in [0.2, 0.25) is 0 Å². The molecule has 6 nitrogen and oxygen atoms in total. The van der Waals surface area contributed by atoms with E-state index in [1.54, 1.807) is 4.90 Å². The molecule has 1 aliphatic heterocycles. The maximum atomic E-state index is 12.5. The van der Waals surface area contributed by atoms with Crippen LogP contribution in [0.4, 0.5) is 5.69 Å². The van der Waals surface area contributed by atoms with E-state index in [9.17, 15) is 9.59 Å². The number of furan rings is 1. The van der Waals surface area contributed by atoms with Gasteiger partial charge in [-0.25, -0.2) is 0 Å². The van der Waals surface area contributed by atoms with Gasteiger partial charge in [-0.3, -0.25) is 9.59 Å². The van der Waals surface area contributed by atoms with Crippen LogP contribution in [0.15, 0.2) is 59.0 Å². The number of carbonyl (C=O) groups excluding carboxylic acids is 2. The van der Waals surface area contributed by atoms with Crippen molar-refractivity contribution < 1.29 is 18.7 Å². The Bertz CT molecular complexity index is 1070. The first-order chi connectivity index (χ1) is 15.1. The number of fused-ring (bicyclic) bond motifs is 1. The van der Waals surface area contributed by atoms with Crippen LogP contribution in [-0.2, 0) is 28.9 Å². The Hall–Kier alpha value is -3.38. The molecule has 0 spiro atoms. The van der Waals surface area contributed by atoms with Crippen molar-refractivity contribution in [1.29, 1.82) is 0 Å². The molecular formula is C25H26N2O4. The fraction of sp³-hybridized carbons (Fsp3) is 0.280. The lowest BCUT2D eigenvalue weighted by molar-refractivity contribution is -0.136. The molecule has 0 bridgehead atoms. The molecule has 1 aliphatic rings. The Morgan fingerprint density at radius 3 is 2.52 bits per heavy atom. The van der Waals surface area contributed by atoms with Gasteiger partial charge in [-0.2, -0.15) is 0 Å². The number of anilines is 1. The van der Waals surface area contributed by atoms with E-state index in [2.05, 4.69) is 12.2 Å². The zero-order valence-electron chi connectivity index (χ0n) is 17.8. The van der Waals surface area contributed by atoms with Crippen molar-refractivity contribution in [3.05, 3.63) is 77.0 Å². The molecule has 2 heterocycles. The van der Waals surface area contributed by atoms with Gasteiger partial charge in [-0.05, 0) is 54.4 Å². The van der Waals surface area contributed by atoms with Crippen molar-refractivity contribution >= 4 is 17.5 Å². The number of methoxy groups -OCH3 is 1. The summed E-state index contributed by atoms with van der Waals surface area (Å²) < 4.78 is 11.0. The van der Waals surface area contributed by atoms with Crippen LogP contribution >= 0.6 is 0 Å². The second-order valence-corrected chi connectivity index (χ2v) is 7.64. The van der Waals surface area contributed by atoms with Crippen LogP contribution < -0.4 is 5.32 Å². The number of carbonyl (C=O) groups is 2. The molecule has 160 valence electrons. The summed E-state index contributed by atoms with van der Waals surface area (Å²) in [6.45, 7) is 3.34. The average Bonchev–Trinajstić information content (AvgIpc) is 3.23. The minimum Gasteiger partial charge on any atom is -0.461 e. The van der Waals surface area contributed by atoms with E-state index in [-0.39, 0.29) is 18.4 Å². The van der Waals surface area contributed by atoms with E-state index in [1.807, 2.05) is 54.6 Å². The number of nitrogens with one attached hydrogen (secondary N) is 1. The Balaban J connectivity index is 1.43. The van der Waals surface area contributed by atoms with E-state index >= 15 is 0 Å². The van der Waals surface area contributed by atoms with Crippen LogP contribution in [-0.4, -0.2) is 37.0 Å². The van der Waals surface area contributed by atoms with Gasteiger partial charge in [0.05, 0.1) is 0 Å². The van der Waals surface area contributed by atoms with Gasteiger partial charge in [0.25, 0.3) is 5.91 Å². The molecule has 2 aromatic carbocycles. The van der Waals surface area contributed by atoms with E-state index < -0.39 is 0 Å². The molecule has 3 aromatic rings. The summed E-state index contributed by atoms with van der Waals surface area (Å²) in [5.74, 6) is 1.54. The molecule has 2 amide bonds. The fourth-order valence-electron chi connectivity index (χ4n) is 3.72. The summed E-state index contributed by atoms with van der Waals surface area (Å²) in [6.07, 6.45) is 1.64. The van der Waals surface area contributed by atoms with Gasteiger partial charge in [0.1, 0.15) is 18.1 Å². The first kappa shape index (κ1) is 20.9. The van der Waals surface area contributed by atoms with Crippen molar-refractivity contribution in [3.63, 3.8) is 0 Å². The molecule has 31 heavy (non-hydrogen) atoms. The molecule has 0 atom stereocenters. The zero-order valence-corrected chi connectivity index (χ0v) is 17.8. The van der Waals surface area contributed by atoms with Crippen LogP contribution in [0, 0.1) is 0 Å². The third kappa shape index (κ3) is 4.70. The normalized spacial score (nSPS) is 13.0. The van der Waals surface area contributed by atoms with Gasteiger partial charge in [0, 0.05) is 49.0 Å². The molecule has 0 saturated heterocycles. The summed E-state index contributed by atoms with van der Waals surface area (Å²) >= 11 is 0. The maximum absolute atomic E-state index is 12.5.